The summed E-state index contributed by atoms with van der Waals surface area (Å²) in [7, 11) is 2.91. The van der Waals surface area contributed by atoms with Crippen LogP contribution >= 0.6 is 0 Å². The highest BCUT2D eigenvalue weighted by molar-refractivity contribution is 5.69. The third-order valence-electron chi connectivity index (χ3n) is 1.96. The van der Waals surface area contributed by atoms with Crippen LogP contribution in [0.15, 0.2) is 0 Å². The van der Waals surface area contributed by atoms with E-state index in [0.717, 1.165) is 0 Å². The number of amides is 2. The molecule has 6 nitrogen and oxygen atoms in total. The maximum Gasteiger partial charge on any atom is 0.409 e. The summed E-state index contributed by atoms with van der Waals surface area (Å²) in [5, 5.41) is 2.71. The minimum absolute atomic E-state index is 0.318. The van der Waals surface area contributed by atoms with Crippen molar-refractivity contribution in [1.82, 2.24) is 10.2 Å². The van der Waals surface area contributed by atoms with E-state index in [4.69, 9.17) is 4.74 Å². The number of alkyl carbamates (subject to hydrolysis) is 1. The topological polar surface area (TPSA) is 67.9 Å². The van der Waals surface area contributed by atoms with E-state index in [-0.39, 0.29) is 0 Å². The van der Waals surface area contributed by atoms with E-state index in [2.05, 4.69) is 10.1 Å². The molecule has 0 saturated carbocycles. The molecule has 0 aliphatic carbocycles. The molecule has 0 unspecified atom stereocenters. The number of rotatable bonds is 3. The van der Waals surface area contributed by atoms with Crippen LogP contribution in [0.2, 0.25) is 0 Å². The molecular formula is C12H24N2O4. The Hall–Kier alpha value is -1.46. The van der Waals surface area contributed by atoms with Gasteiger partial charge in [0.05, 0.1) is 12.6 Å². The van der Waals surface area contributed by atoms with Crippen LogP contribution in [0, 0.1) is 0 Å². The minimum atomic E-state index is -0.606. The first kappa shape index (κ1) is 16.5. The number of methoxy groups -OCH3 is 1. The second-order valence-electron chi connectivity index (χ2n) is 5.84. The number of nitrogens with one attached hydrogen (secondary N) is 1. The minimum Gasteiger partial charge on any atom is -0.453 e. The number of carbonyl (C=O) groups is 2. The maximum absolute atomic E-state index is 11.6. The third kappa shape index (κ3) is 6.98. The van der Waals surface area contributed by atoms with Crippen molar-refractivity contribution in [3.8, 4) is 0 Å². The molecule has 0 aromatic carbocycles. The normalized spacial score (nSPS) is 11.7. The molecule has 2 amide bonds. The Balaban J connectivity index is 4.39. The third-order valence-corrected chi connectivity index (χ3v) is 1.96. The predicted octanol–water partition coefficient (Wildman–Crippen LogP) is 1.99. The fraction of sp³-hybridized carbons (Fsp3) is 0.833. The molecule has 0 saturated heterocycles. The average Bonchev–Trinajstić information content (AvgIpc) is 2.10. The summed E-state index contributed by atoms with van der Waals surface area (Å²) in [4.78, 5) is 24.3. The smallest absolute Gasteiger partial charge is 0.409 e. The molecule has 0 aliphatic heterocycles. The van der Waals surface area contributed by atoms with E-state index in [1.807, 2.05) is 0 Å². The van der Waals surface area contributed by atoms with Gasteiger partial charge < -0.3 is 19.7 Å². The Kier molecular flexibility index (Phi) is 5.45. The zero-order valence-corrected chi connectivity index (χ0v) is 12.3. The van der Waals surface area contributed by atoms with E-state index in [9.17, 15) is 9.59 Å². The Morgan fingerprint density at radius 3 is 2.06 bits per heavy atom. The summed E-state index contributed by atoms with van der Waals surface area (Å²) < 4.78 is 9.74. The van der Waals surface area contributed by atoms with Crippen LogP contribution < -0.4 is 5.32 Å². The molecule has 0 aromatic heterocycles. The lowest BCUT2D eigenvalue weighted by Crippen LogP contribution is -2.52. The van der Waals surface area contributed by atoms with Crippen molar-refractivity contribution in [1.29, 1.82) is 0 Å². The van der Waals surface area contributed by atoms with Crippen LogP contribution in [-0.2, 0) is 9.47 Å². The lowest BCUT2D eigenvalue weighted by molar-refractivity contribution is 0.0449. The van der Waals surface area contributed by atoms with Crippen LogP contribution in [0.25, 0.3) is 0 Å². The van der Waals surface area contributed by atoms with Gasteiger partial charge in [-0.15, -0.1) is 0 Å². The van der Waals surface area contributed by atoms with Crippen LogP contribution in [0.3, 0.4) is 0 Å². The number of carbonyl (C=O) groups excluding carboxylic acids is 2. The second kappa shape index (κ2) is 5.93. The van der Waals surface area contributed by atoms with Gasteiger partial charge in [0.1, 0.15) is 5.60 Å². The molecule has 0 radical (unpaired) electrons. The molecule has 0 aliphatic rings. The van der Waals surface area contributed by atoms with Crippen molar-refractivity contribution < 1.29 is 19.1 Å². The highest BCUT2D eigenvalue weighted by atomic mass is 16.6. The Labute approximate surface area is 109 Å². The molecule has 106 valence electrons. The highest BCUT2D eigenvalue weighted by Gasteiger charge is 2.27. The zero-order valence-electron chi connectivity index (χ0n) is 12.3. The van der Waals surface area contributed by atoms with E-state index in [1.165, 1.54) is 12.0 Å². The Morgan fingerprint density at radius 1 is 1.17 bits per heavy atom. The van der Waals surface area contributed by atoms with Gasteiger partial charge in [-0.2, -0.15) is 0 Å². The summed E-state index contributed by atoms with van der Waals surface area (Å²) in [6, 6.07) is 0. The van der Waals surface area contributed by atoms with Gasteiger partial charge in [-0.3, -0.25) is 0 Å². The summed E-state index contributed by atoms with van der Waals surface area (Å²) in [6.07, 6.45) is -0.958. The van der Waals surface area contributed by atoms with Crippen molar-refractivity contribution >= 4 is 12.2 Å². The lowest BCUT2D eigenvalue weighted by atomic mass is 10.1. The van der Waals surface area contributed by atoms with Crippen molar-refractivity contribution in [2.24, 2.45) is 0 Å². The monoisotopic (exact) mass is 260 g/mol. The first-order valence-corrected chi connectivity index (χ1v) is 5.77. The van der Waals surface area contributed by atoms with Gasteiger partial charge in [-0.1, -0.05) is 0 Å². The molecule has 0 heterocycles. The number of ether oxygens (including phenoxy) is 2. The van der Waals surface area contributed by atoms with Gasteiger partial charge in [0.15, 0.2) is 0 Å². The highest BCUT2D eigenvalue weighted by Crippen LogP contribution is 2.10. The van der Waals surface area contributed by atoms with Crippen molar-refractivity contribution in [3.05, 3.63) is 0 Å². The first-order valence-electron chi connectivity index (χ1n) is 5.77. The lowest BCUT2D eigenvalue weighted by Gasteiger charge is -2.31. The molecule has 0 bridgehead atoms. The quantitative estimate of drug-likeness (QED) is 0.842. The predicted molar refractivity (Wildman–Crippen MR) is 68.5 cm³/mol. The molecule has 0 fully saturated rings. The van der Waals surface area contributed by atoms with Gasteiger partial charge in [0.2, 0.25) is 0 Å². The fourth-order valence-electron chi connectivity index (χ4n) is 1.43. The van der Waals surface area contributed by atoms with Crippen LogP contribution in [0.5, 0.6) is 0 Å². The van der Waals surface area contributed by atoms with Crippen LogP contribution in [0.4, 0.5) is 9.59 Å². The van der Waals surface area contributed by atoms with E-state index < -0.39 is 23.3 Å². The molecule has 0 spiro atoms. The summed E-state index contributed by atoms with van der Waals surface area (Å²) >= 11 is 0. The van der Waals surface area contributed by atoms with Crippen molar-refractivity contribution in [2.75, 3.05) is 20.7 Å². The van der Waals surface area contributed by atoms with E-state index in [0.29, 0.717) is 6.54 Å². The van der Waals surface area contributed by atoms with Gasteiger partial charge >= 0.3 is 12.2 Å². The van der Waals surface area contributed by atoms with E-state index in [1.54, 1.807) is 41.7 Å². The van der Waals surface area contributed by atoms with Gasteiger partial charge in [0, 0.05) is 13.6 Å². The Morgan fingerprint density at radius 2 is 1.67 bits per heavy atom. The van der Waals surface area contributed by atoms with E-state index >= 15 is 0 Å². The van der Waals surface area contributed by atoms with Gasteiger partial charge in [-0.05, 0) is 34.6 Å². The van der Waals surface area contributed by atoms with Crippen molar-refractivity contribution in [3.63, 3.8) is 0 Å². The number of hydrogen-bond donors (Lipinski definition) is 1. The zero-order chi connectivity index (χ0) is 14.6. The summed E-state index contributed by atoms with van der Waals surface area (Å²) in [5.41, 5.74) is -1.15. The molecule has 18 heavy (non-hydrogen) atoms. The summed E-state index contributed by atoms with van der Waals surface area (Å²) in [6.45, 7) is 9.30. The Bertz CT molecular complexity index is 308. The second-order valence-corrected chi connectivity index (χ2v) is 5.84. The van der Waals surface area contributed by atoms with Gasteiger partial charge in [-0.25, -0.2) is 9.59 Å². The van der Waals surface area contributed by atoms with Crippen LogP contribution in [-0.4, -0.2) is 48.9 Å². The number of nitrogens with zero attached hydrogens (tertiary/aromatic N) is 1. The van der Waals surface area contributed by atoms with Crippen LogP contribution in [0.1, 0.15) is 34.6 Å². The number of likely N-dealkylation sites (N-methyl/N-ethyl adjacent to an activating group) is 1. The molecular weight excluding hydrogens is 236 g/mol. The summed E-state index contributed by atoms with van der Waals surface area (Å²) in [5.74, 6) is 0. The number of hydrogen-bond acceptors (Lipinski definition) is 4. The molecule has 1 N–H and O–H groups in total. The fourth-order valence-corrected chi connectivity index (χ4v) is 1.43. The SMILES string of the molecule is COC(=O)N(C)CC(C)(C)NC(=O)OC(C)(C)C. The first-order chi connectivity index (χ1) is 7.97. The maximum atomic E-state index is 11.6. The molecule has 0 rings (SSSR count). The average molecular weight is 260 g/mol. The molecule has 6 heteroatoms. The standard InChI is InChI=1S/C12H24N2O4/c1-11(2,3)18-9(15)13-12(4,5)8-14(6)10(16)17-7/h8H2,1-7H3,(H,13,15). The van der Waals surface area contributed by atoms with Gasteiger partial charge in [0.25, 0.3) is 0 Å². The molecule has 0 aromatic rings. The van der Waals surface area contributed by atoms with Crippen molar-refractivity contribution in [2.45, 2.75) is 45.8 Å². The molecule has 0 atom stereocenters. The largest absolute Gasteiger partial charge is 0.453 e.